The quantitative estimate of drug-likeness (QED) is 0.102. The summed E-state index contributed by atoms with van der Waals surface area (Å²) in [5.41, 5.74) is 20.3. The number of rotatable bonds is 4. The van der Waals surface area contributed by atoms with Crippen LogP contribution in [0.25, 0.3) is 11.4 Å². The van der Waals surface area contributed by atoms with Crippen LogP contribution in [0.5, 0.6) is 0 Å². The van der Waals surface area contributed by atoms with Crippen molar-refractivity contribution in [3.63, 3.8) is 0 Å². The molecule has 0 fully saturated rings. The van der Waals surface area contributed by atoms with Crippen LogP contribution in [0.15, 0.2) is 73.5 Å². The number of hydrogen-bond donors (Lipinski definition) is 0. The van der Waals surface area contributed by atoms with Crippen LogP contribution in [0.3, 0.4) is 0 Å². The van der Waals surface area contributed by atoms with Crippen molar-refractivity contribution in [3.05, 3.63) is 153 Å². The summed E-state index contributed by atoms with van der Waals surface area (Å²) in [4.78, 5) is 4.20. The molecule has 2 radical (unpaired) electrons. The Hall–Kier alpha value is -3.33. The minimum atomic E-state index is -0.106. The first-order valence-corrected chi connectivity index (χ1v) is 20.3. The number of aromatic nitrogens is 2. The molecule has 0 amide bonds. The molecule has 4 aromatic carbocycles. The number of hydrogen-bond acceptors (Lipinski definition) is 2. The predicted octanol–water partition coefficient (Wildman–Crippen LogP) is 11.1. The first kappa shape index (κ1) is 38.5. The van der Waals surface area contributed by atoms with E-state index in [1.54, 1.807) is 0 Å². The number of halogens is 2. The third-order valence-electron chi connectivity index (χ3n) is 8.68. The summed E-state index contributed by atoms with van der Waals surface area (Å²) < 4.78 is 4.27. The van der Waals surface area contributed by atoms with Gasteiger partial charge in [0.25, 0.3) is 0 Å². The molecule has 2 heterocycles. The van der Waals surface area contributed by atoms with E-state index < -0.39 is 0 Å². The van der Waals surface area contributed by atoms with Gasteiger partial charge < -0.3 is 14.4 Å². The molecule has 0 spiro atoms. The van der Waals surface area contributed by atoms with Crippen molar-refractivity contribution in [2.24, 2.45) is 0 Å². The Kier molecular flexibility index (Phi) is 13.0. The average molecular weight is 786 g/mol. The summed E-state index contributed by atoms with van der Waals surface area (Å²) in [5.74, 6) is 0. The second kappa shape index (κ2) is 16.6. The average Bonchev–Trinajstić information content (AvgIpc) is 3.62. The van der Waals surface area contributed by atoms with Gasteiger partial charge in [-0.3, -0.25) is 4.57 Å². The van der Waals surface area contributed by atoms with Gasteiger partial charge in [0.1, 0.15) is 12.0 Å². The molecule has 0 N–H and O–H groups in total. The van der Waals surface area contributed by atoms with Gasteiger partial charge in [-0.25, -0.2) is 0 Å². The Morgan fingerprint density at radius 1 is 0.510 bits per heavy atom. The van der Waals surface area contributed by atoms with Crippen molar-refractivity contribution in [3.8, 4) is 11.4 Å². The fraction of sp³-hybridized carbons (Fsp3) is 0.286. The van der Waals surface area contributed by atoms with Crippen LogP contribution in [0, 0.1) is 96.0 Å². The molecule has 7 heteroatoms. The number of aryl methyl sites for hydroxylation is 12. The van der Waals surface area contributed by atoms with E-state index in [1.807, 2.05) is 6.20 Å². The van der Waals surface area contributed by atoms with E-state index in [1.165, 1.54) is 89.5 Å². The van der Waals surface area contributed by atoms with E-state index in [2.05, 4.69) is 182 Å². The zero-order valence-electron chi connectivity index (χ0n) is 30.8. The fourth-order valence-electron chi connectivity index (χ4n) is 7.36. The van der Waals surface area contributed by atoms with Crippen molar-refractivity contribution in [1.82, 2.24) is 4.57 Å². The van der Waals surface area contributed by atoms with Crippen LogP contribution in [0.4, 0.5) is 11.4 Å². The molecule has 49 heavy (non-hydrogen) atoms. The van der Waals surface area contributed by atoms with Crippen LogP contribution >= 0.6 is 19.1 Å². The summed E-state index contributed by atoms with van der Waals surface area (Å²) in [7, 11) is 9.63. The molecular weight excluding hydrogens is 738 g/mol. The number of imidazole rings is 1. The van der Waals surface area contributed by atoms with Gasteiger partial charge in [-0.2, -0.15) is 0 Å². The second-order valence-corrected chi connectivity index (χ2v) is 15.7. The van der Waals surface area contributed by atoms with Crippen molar-refractivity contribution in [2.75, 3.05) is 9.80 Å². The van der Waals surface area contributed by atoms with E-state index in [4.69, 9.17) is 19.1 Å². The van der Waals surface area contributed by atoms with Gasteiger partial charge in [0, 0.05) is 29.5 Å². The zero-order chi connectivity index (χ0) is 36.2. The third kappa shape index (κ3) is 9.08. The van der Waals surface area contributed by atoms with Crippen molar-refractivity contribution >= 4 is 30.4 Å². The summed E-state index contributed by atoms with van der Waals surface area (Å²) >= 11 is -0.106. The minimum absolute atomic E-state index is 0.106. The topological polar surface area (TPSA) is 15.3 Å². The predicted molar refractivity (Wildman–Crippen MR) is 205 cm³/mol. The maximum atomic E-state index is 4.81. The fourth-order valence-corrected chi connectivity index (χ4v) is 7.36. The van der Waals surface area contributed by atoms with Crippen molar-refractivity contribution in [1.29, 1.82) is 0 Å². The monoisotopic (exact) mass is 784 g/mol. The molecule has 0 bridgehead atoms. The molecule has 1 aliphatic rings. The van der Waals surface area contributed by atoms with Crippen LogP contribution in [0.2, 0.25) is 0 Å². The summed E-state index contributed by atoms with van der Waals surface area (Å²) in [5, 5.41) is 0. The van der Waals surface area contributed by atoms with Crippen LogP contribution in [0.1, 0.15) is 66.8 Å². The Balaban J connectivity index is 0.000000205. The van der Waals surface area contributed by atoms with Gasteiger partial charge in [0.15, 0.2) is 0 Å². The van der Waals surface area contributed by atoms with E-state index >= 15 is 0 Å². The Morgan fingerprint density at radius 2 is 0.816 bits per heavy atom. The number of nitrogens with zero attached hydrogens (tertiary/aromatic N) is 4. The standard InChI is InChI=1S/2C21H24N2.2ClH.Pd/c2*1-14-9-16(3)20(17(4)10-14)22-7-8-23(13-22)21-18(5)11-15(2)12-19(21)6;;;/h7,9-13H,1-6H3;7-12H,1-6H3;2*1H;/q;;;;+2/p-2. The first-order chi connectivity index (χ1) is 23.1. The normalized spacial score (nSPS) is 12.2. The molecule has 0 saturated heterocycles. The van der Waals surface area contributed by atoms with Gasteiger partial charge in [-0.05, 0) is 116 Å². The summed E-state index contributed by atoms with van der Waals surface area (Å²) in [6.45, 7) is 29.4. The van der Waals surface area contributed by atoms with Gasteiger partial charge in [0.2, 0.25) is 6.67 Å². The molecule has 1 aromatic heterocycles. The molecule has 0 aliphatic carbocycles. The second-order valence-electron chi connectivity index (χ2n) is 13.3. The zero-order valence-corrected chi connectivity index (χ0v) is 33.9. The van der Waals surface area contributed by atoms with E-state index in [0.717, 1.165) is 0 Å². The molecule has 1 aliphatic heterocycles. The van der Waals surface area contributed by atoms with Gasteiger partial charge in [-0.1, -0.05) is 81.9 Å². The molecule has 0 saturated carbocycles. The van der Waals surface area contributed by atoms with Crippen LogP contribution in [-0.4, -0.2) is 4.57 Å². The van der Waals surface area contributed by atoms with Crippen molar-refractivity contribution < 1.29 is 20.5 Å². The molecule has 6 rings (SSSR count). The maximum absolute atomic E-state index is 4.81. The van der Waals surface area contributed by atoms with Crippen LogP contribution in [-0.2, 0) is 15.9 Å². The molecular formula is C42H48Cl2N4Pd. The molecule has 4 nitrogen and oxygen atoms in total. The van der Waals surface area contributed by atoms with Crippen LogP contribution < -0.4 is 14.4 Å². The number of benzene rings is 4. The van der Waals surface area contributed by atoms with Crippen molar-refractivity contribution in [2.45, 2.75) is 83.1 Å². The Labute approximate surface area is 311 Å². The first-order valence-electron chi connectivity index (χ1n) is 16.3. The molecule has 0 unspecified atom stereocenters. The van der Waals surface area contributed by atoms with E-state index in [9.17, 15) is 0 Å². The molecule has 5 aromatic rings. The van der Waals surface area contributed by atoms with Gasteiger partial charge >= 0.3 is 35.0 Å². The summed E-state index contributed by atoms with van der Waals surface area (Å²) in [6, 6.07) is 17.8. The Morgan fingerprint density at radius 3 is 1.16 bits per heavy atom. The SMILES string of the molecule is Cc1cc(C)c(-n2c[c-][n+](-c3c(C)cc(C)cc3C)c2)c(C)c1.Cc1cc(C)c(N2[C]N(c3c(C)cc(C)cc3C)C=C2)c(C)c1.[Cl][Pd][Cl]. The molecule has 260 valence electrons. The van der Waals surface area contributed by atoms with Gasteiger partial charge in [-0.15, -0.1) is 0 Å². The van der Waals surface area contributed by atoms with E-state index in [-0.39, 0.29) is 15.9 Å². The molecule has 0 atom stereocenters. The van der Waals surface area contributed by atoms with Gasteiger partial charge in [0.05, 0.1) is 12.4 Å². The van der Waals surface area contributed by atoms with E-state index in [0.29, 0.717) is 0 Å². The Bertz CT molecular complexity index is 1760. The summed E-state index contributed by atoms with van der Waals surface area (Å²) in [6.07, 6.45) is 11.7. The number of anilines is 2. The third-order valence-corrected chi connectivity index (χ3v) is 8.68.